The molecule has 1 aliphatic heterocycles. The Bertz CT molecular complexity index is 315. The first-order valence-corrected chi connectivity index (χ1v) is 6.09. The summed E-state index contributed by atoms with van der Waals surface area (Å²) in [5.74, 6) is -0.380. The topological polar surface area (TPSA) is 66.4 Å². The third-order valence-electron chi connectivity index (χ3n) is 4.24. The number of aliphatic carboxylic acids is 1. The Hall–Kier alpha value is -1.06. The lowest BCUT2D eigenvalue weighted by atomic mass is 9.65. The molecule has 1 aliphatic carbocycles. The Morgan fingerprint density at radius 3 is 3.00 bits per heavy atom. The SMILES string of the molecule is CCC1CCCC2(CC(=O)NC2C(=O)O)C1. The van der Waals surface area contributed by atoms with Crippen LogP contribution in [0.15, 0.2) is 0 Å². The van der Waals surface area contributed by atoms with Crippen molar-refractivity contribution in [3.63, 3.8) is 0 Å². The van der Waals surface area contributed by atoms with Crippen LogP contribution >= 0.6 is 0 Å². The first kappa shape index (κ1) is 11.4. The van der Waals surface area contributed by atoms with Gasteiger partial charge in [-0.1, -0.05) is 26.2 Å². The Kier molecular flexibility index (Phi) is 2.91. The van der Waals surface area contributed by atoms with Crippen molar-refractivity contribution in [3.8, 4) is 0 Å². The number of hydrogen-bond donors (Lipinski definition) is 2. The van der Waals surface area contributed by atoms with Crippen LogP contribution in [-0.2, 0) is 9.59 Å². The monoisotopic (exact) mass is 225 g/mol. The Morgan fingerprint density at radius 2 is 2.38 bits per heavy atom. The summed E-state index contributed by atoms with van der Waals surface area (Å²) in [6, 6.07) is -0.658. The smallest absolute Gasteiger partial charge is 0.326 e. The molecule has 0 aromatic heterocycles. The molecule has 1 saturated heterocycles. The van der Waals surface area contributed by atoms with Crippen LogP contribution in [0, 0.1) is 11.3 Å². The minimum atomic E-state index is -0.873. The molecule has 16 heavy (non-hydrogen) atoms. The van der Waals surface area contributed by atoms with Crippen LogP contribution in [0.5, 0.6) is 0 Å². The second-order valence-electron chi connectivity index (χ2n) is 5.25. The highest BCUT2D eigenvalue weighted by molar-refractivity contribution is 5.89. The highest BCUT2D eigenvalue weighted by atomic mass is 16.4. The van der Waals surface area contributed by atoms with Gasteiger partial charge >= 0.3 is 5.97 Å². The van der Waals surface area contributed by atoms with Crippen LogP contribution in [0.25, 0.3) is 0 Å². The molecule has 0 aromatic carbocycles. The van der Waals surface area contributed by atoms with E-state index in [0.717, 1.165) is 25.7 Å². The molecule has 1 heterocycles. The summed E-state index contributed by atoms with van der Waals surface area (Å²) in [6.07, 6.45) is 5.48. The zero-order valence-corrected chi connectivity index (χ0v) is 9.66. The van der Waals surface area contributed by atoms with E-state index >= 15 is 0 Å². The second kappa shape index (κ2) is 4.07. The zero-order chi connectivity index (χ0) is 11.8. The third kappa shape index (κ3) is 1.81. The molecule has 1 saturated carbocycles. The van der Waals surface area contributed by atoms with E-state index in [-0.39, 0.29) is 11.3 Å². The lowest BCUT2D eigenvalue weighted by molar-refractivity contribution is -0.143. The number of carboxylic acid groups (broad SMARTS) is 1. The number of hydrogen-bond acceptors (Lipinski definition) is 2. The van der Waals surface area contributed by atoms with Crippen molar-refractivity contribution in [2.75, 3.05) is 0 Å². The number of amides is 1. The summed E-state index contributed by atoms with van der Waals surface area (Å²) in [5, 5.41) is 11.8. The van der Waals surface area contributed by atoms with Gasteiger partial charge in [0.1, 0.15) is 6.04 Å². The van der Waals surface area contributed by atoms with E-state index in [2.05, 4.69) is 12.2 Å². The van der Waals surface area contributed by atoms with E-state index in [0.29, 0.717) is 12.3 Å². The average Bonchev–Trinajstić information content (AvgIpc) is 2.55. The fraction of sp³-hybridized carbons (Fsp3) is 0.833. The van der Waals surface area contributed by atoms with Gasteiger partial charge in [0.25, 0.3) is 0 Å². The van der Waals surface area contributed by atoms with Gasteiger partial charge in [-0.3, -0.25) is 4.79 Å². The maximum Gasteiger partial charge on any atom is 0.326 e. The zero-order valence-electron chi connectivity index (χ0n) is 9.66. The Labute approximate surface area is 95.4 Å². The van der Waals surface area contributed by atoms with Crippen LogP contribution in [0.1, 0.15) is 45.4 Å². The van der Waals surface area contributed by atoms with Crippen molar-refractivity contribution >= 4 is 11.9 Å². The minimum Gasteiger partial charge on any atom is -0.480 e. The second-order valence-corrected chi connectivity index (χ2v) is 5.25. The molecule has 0 bridgehead atoms. The van der Waals surface area contributed by atoms with Gasteiger partial charge in [0.05, 0.1) is 0 Å². The van der Waals surface area contributed by atoms with Gasteiger partial charge in [0.15, 0.2) is 0 Å². The molecule has 2 aliphatic rings. The van der Waals surface area contributed by atoms with E-state index in [4.69, 9.17) is 0 Å². The normalized spacial score (nSPS) is 38.7. The molecule has 1 spiro atoms. The van der Waals surface area contributed by atoms with Crippen molar-refractivity contribution in [2.45, 2.75) is 51.5 Å². The molecule has 2 N–H and O–H groups in total. The lowest BCUT2D eigenvalue weighted by Gasteiger charge is -2.39. The summed E-state index contributed by atoms with van der Waals surface area (Å²) < 4.78 is 0. The lowest BCUT2D eigenvalue weighted by Crippen LogP contribution is -2.46. The highest BCUT2D eigenvalue weighted by Crippen LogP contribution is 2.48. The van der Waals surface area contributed by atoms with Gasteiger partial charge in [-0.15, -0.1) is 0 Å². The molecule has 4 nitrogen and oxygen atoms in total. The molecule has 90 valence electrons. The average molecular weight is 225 g/mol. The summed E-state index contributed by atoms with van der Waals surface area (Å²) in [7, 11) is 0. The first-order valence-electron chi connectivity index (χ1n) is 6.09. The van der Waals surface area contributed by atoms with Crippen molar-refractivity contribution in [2.24, 2.45) is 11.3 Å². The molecule has 2 rings (SSSR count). The molecule has 3 atom stereocenters. The third-order valence-corrected chi connectivity index (χ3v) is 4.24. The standard InChI is InChI=1S/C12H19NO3/c1-2-8-4-3-5-12(6-8)7-9(14)13-10(12)11(15)16/h8,10H,2-7H2,1H3,(H,13,14)(H,15,16). The van der Waals surface area contributed by atoms with Crippen LogP contribution < -0.4 is 5.32 Å². The summed E-state index contributed by atoms with van der Waals surface area (Å²) in [4.78, 5) is 22.7. The van der Waals surface area contributed by atoms with E-state index in [1.165, 1.54) is 6.42 Å². The Balaban J connectivity index is 2.20. The number of rotatable bonds is 2. The summed E-state index contributed by atoms with van der Waals surface area (Å²) >= 11 is 0. The molecular weight excluding hydrogens is 206 g/mol. The number of nitrogens with one attached hydrogen (secondary N) is 1. The maximum absolute atomic E-state index is 11.5. The maximum atomic E-state index is 11.5. The van der Waals surface area contributed by atoms with Gasteiger partial charge in [0.2, 0.25) is 5.91 Å². The van der Waals surface area contributed by atoms with Crippen molar-refractivity contribution in [3.05, 3.63) is 0 Å². The quantitative estimate of drug-likeness (QED) is 0.749. The number of carbonyl (C=O) groups excluding carboxylic acids is 1. The molecular formula is C12H19NO3. The van der Waals surface area contributed by atoms with Gasteiger partial charge in [-0.25, -0.2) is 4.79 Å². The van der Waals surface area contributed by atoms with Crippen LogP contribution in [0.3, 0.4) is 0 Å². The van der Waals surface area contributed by atoms with E-state index in [1.54, 1.807) is 0 Å². The van der Waals surface area contributed by atoms with E-state index < -0.39 is 12.0 Å². The van der Waals surface area contributed by atoms with E-state index in [9.17, 15) is 14.7 Å². The van der Waals surface area contributed by atoms with E-state index in [1.807, 2.05) is 0 Å². The van der Waals surface area contributed by atoms with Gasteiger partial charge in [-0.2, -0.15) is 0 Å². The predicted molar refractivity (Wildman–Crippen MR) is 58.9 cm³/mol. The van der Waals surface area contributed by atoms with Crippen LogP contribution in [0.4, 0.5) is 0 Å². The fourth-order valence-corrected chi connectivity index (χ4v) is 3.40. The first-order chi connectivity index (χ1) is 7.57. The minimum absolute atomic E-state index is 0.0934. The molecule has 3 unspecified atom stereocenters. The van der Waals surface area contributed by atoms with Crippen molar-refractivity contribution in [1.82, 2.24) is 5.32 Å². The van der Waals surface area contributed by atoms with Gasteiger partial charge in [-0.05, 0) is 18.8 Å². The summed E-state index contributed by atoms with van der Waals surface area (Å²) in [5.41, 5.74) is -0.304. The molecule has 0 aromatic rings. The van der Waals surface area contributed by atoms with Crippen LogP contribution in [0.2, 0.25) is 0 Å². The van der Waals surface area contributed by atoms with Crippen molar-refractivity contribution < 1.29 is 14.7 Å². The fourth-order valence-electron chi connectivity index (χ4n) is 3.40. The van der Waals surface area contributed by atoms with Gasteiger partial charge < -0.3 is 10.4 Å². The van der Waals surface area contributed by atoms with Gasteiger partial charge in [0, 0.05) is 11.8 Å². The molecule has 4 heteroatoms. The van der Waals surface area contributed by atoms with Crippen molar-refractivity contribution in [1.29, 1.82) is 0 Å². The predicted octanol–water partition coefficient (Wildman–Crippen LogP) is 1.55. The molecule has 1 amide bonds. The molecule has 2 fully saturated rings. The highest BCUT2D eigenvalue weighted by Gasteiger charge is 2.52. The number of carbonyl (C=O) groups is 2. The summed E-state index contributed by atoms with van der Waals surface area (Å²) in [6.45, 7) is 2.14. The largest absolute Gasteiger partial charge is 0.480 e. The Morgan fingerprint density at radius 1 is 1.62 bits per heavy atom. The molecule has 0 radical (unpaired) electrons. The van der Waals surface area contributed by atoms with Crippen LogP contribution in [-0.4, -0.2) is 23.0 Å². The number of carboxylic acids is 1.